The van der Waals surface area contributed by atoms with E-state index in [0.29, 0.717) is 0 Å². The van der Waals surface area contributed by atoms with E-state index >= 15 is 0 Å². The summed E-state index contributed by atoms with van der Waals surface area (Å²) in [4.78, 5) is 36.1. The predicted molar refractivity (Wildman–Crippen MR) is 69.9 cm³/mol. The molecule has 0 aliphatic rings. The van der Waals surface area contributed by atoms with Crippen LogP contribution in [0.5, 0.6) is 0 Å². The molecule has 0 aromatic carbocycles. The molecule has 0 aliphatic carbocycles. The second-order valence-corrected chi connectivity index (χ2v) is 1.96. The molecule has 0 aromatic rings. The van der Waals surface area contributed by atoms with Gasteiger partial charge in [0.1, 0.15) is 0 Å². The van der Waals surface area contributed by atoms with Crippen molar-refractivity contribution in [1.82, 2.24) is 0 Å². The average molecular weight is 407 g/mol. The van der Waals surface area contributed by atoms with Crippen LogP contribution in [0.2, 0.25) is 0 Å². The van der Waals surface area contributed by atoms with Gasteiger partial charge in [-0.2, -0.15) is 0 Å². The van der Waals surface area contributed by atoms with Crippen LogP contribution in [-0.4, -0.2) is 126 Å². The fourth-order valence-corrected chi connectivity index (χ4v) is 0.204. The summed E-state index contributed by atoms with van der Waals surface area (Å²) in [5.41, 5.74) is 0. The number of carboxylic acid groups (broad SMARTS) is 3. The SMILES string of the molecule is CC(=O)[O-].O.O.O.O.O.O=C([O-])CCC(=O)[O-].O=[N+]([O-])[O-].[Ca+2].[Ca+2]. The molecule has 0 bridgehead atoms. The van der Waals surface area contributed by atoms with Gasteiger partial charge in [-0.25, -0.2) is 0 Å². The maximum absolute atomic E-state index is 9.50. The van der Waals surface area contributed by atoms with E-state index in [4.69, 9.17) is 25.2 Å². The summed E-state index contributed by atoms with van der Waals surface area (Å²) < 4.78 is 0. The Morgan fingerprint density at radius 1 is 0.739 bits per heavy atom. The number of aliphatic carboxylic acids is 3. The molecule has 23 heavy (non-hydrogen) atoms. The largest absolute Gasteiger partial charge is 2.00 e. The molecule has 10 N–H and O–H groups in total. The van der Waals surface area contributed by atoms with Crippen LogP contribution in [0.15, 0.2) is 0 Å². The van der Waals surface area contributed by atoms with Crippen LogP contribution in [0.25, 0.3) is 0 Å². The molecule has 0 spiro atoms. The molecule has 0 heterocycles. The number of nitrogens with zero attached hydrogens (tertiary/aromatic N) is 1. The maximum Gasteiger partial charge on any atom is 2.00 e. The number of carbonyl (C=O) groups excluding carboxylic acids is 3. The summed E-state index contributed by atoms with van der Waals surface area (Å²) >= 11 is 0. The Balaban J connectivity index is -0.0000000127. The van der Waals surface area contributed by atoms with Gasteiger partial charge in [0.15, 0.2) is 0 Å². The van der Waals surface area contributed by atoms with E-state index in [1.165, 1.54) is 0 Å². The van der Waals surface area contributed by atoms with Crippen molar-refractivity contribution in [3.05, 3.63) is 15.3 Å². The van der Waals surface area contributed by atoms with Gasteiger partial charge in [-0.1, -0.05) is 0 Å². The third-order valence-electron chi connectivity index (χ3n) is 0.533. The van der Waals surface area contributed by atoms with Gasteiger partial charge in [0.05, 0.1) is 5.09 Å². The van der Waals surface area contributed by atoms with E-state index < -0.39 is 35.8 Å². The van der Waals surface area contributed by atoms with Crippen LogP contribution in [0, 0.1) is 15.3 Å². The number of carbonyl (C=O) groups is 3. The quantitative estimate of drug-likeness (QED) is 0.243. The number of hydrogen-bond donors (Lipinski definition) is 0. The molecule has 0 aromatic heterocycles. The predicted octanol–water partition coefficient (Wildman–Crippen LogP) is -9.10. The van der Waals surface area contributed by atoms with Gasteiger partial charge in [0.25, 0.3) is 0 Å². The van der Waals surface area contributed by atoms with Gasteiger partial charge < -0.3 is 72.4 Å². The van der Waals surface area contributed by atoms with Crippen LogP contribution in [0.1, 0.15) is 19.8 Å². The molecule has 17 heteroatoms. The summed E-state index contributed by atoms with van der Waals surface area (Å²) in [5.74, 6) is -3.82. The Hall–Kier alpha value is -0.0705. The molecular formula is C6H17Ca2NO14. The van der Waals surface area contributed by atoms with Crippen LogP contribution in [0.3, 0.4) is 0 Å². The van der Waals surface area contributed by atoms with E-state index in [2.05, 4.69) is 0 Å². The molecule has 0 atom stereocenters. The maximum atomic E-state index is 9.50. The topological polar surface area (TPSA) is 344 Å². The fraction of sp³-hybridized carbons (Fsp3) is 0.500. The van der Waals surface area contributed by atoms with Crippen LogP contribution >= 0.6 is 0 Å². The molecule has 0 amide bonds. The molecule has 0 fully saturated rings. The zero-order valence-electron chi connectivity index (χ0n) is 11.9. The zero-order valence-corrected chi connectivity index (χ0v) is 16.4. The normalized spacial score (nSPS) is 5.09. The van der Waals surface area contributed by atoms with Crippen molar-refractivity contribution < 1.29 is 62.2 Å². The van der Waals surface area contributed by atoms with Crippen molar-refractivity contribution >= 4 is 93.4 Å². The molecule has 15 nitrogen and oxygen atoms in total. The van der Waals surface area contributed by atoms with Crippen LogP contribution in [0.4, 0.5) is 0 Å². The third kappa shape index (κ3) is 358. The monoisotopic (exact) mass is 407 g/mol. The summed E-state index contributed by atoms with van der Waals surface area (Å²) in [6, 6.07) is 0. The van der Waals surface area contributed by atoms with E-state index in [0.717, 1.165) is 6.92 Å². The Bertz CT molecular complexity index is 228. The Morgan fingerprint density at radius 2 is 0.826 bits per heavy atom. The fourth-order valence-electron chi connectivity index (χ4n) is 0.204. The van der Waals surface area contributed by atoms with E-state index in [1.54, 1.807) is 0 Å². The first-order valence-corrected chi connectivity index (χ1v) is 3.48. The summed E-state index contributed by atoms with van der Waals surface area (Å²) in [7, 11) is 0. The molecule has 0 aliphatic heterocycles. The second kappa shape index (κ2) is 49.5. The average Bonchev–Trinajstić information content (AvgIpc) is 1.98. The molecular weight excluding hydrogens is 390 g/mol. The molecule has 0 rings (SSSR count). The smallest absolute Gasteiger partial charge is 0.550 e. The van der Waals surface area contributed by atoms with Crippen molar-refractivity contribution in [2.45, 2.75) is 19.8 Å². The van der Waals surface area contributed by atoms with Crippen LogP contribution in [-0.2, 0) is 14.4 Å². The molecule has 134 valence electrons. The summed E-state index contributed by atoms with van der Waals surface area (Å²) in [6.07, 6.45) is -0.940. The van der Waals surface area contributed by atoms with Crippen molar-refractivity contribution in [1.29, 1.82) is 0 Å². The van der Waals surface area contributed by atoms with Gasteiger partial charge in [0, 0.05) is 17.9 Å². The van der Waals surface area contributed by atoms with Crippen molar-refractivity contribution in [2.75, 3.05) is 0 Å². The van der Waals surface area contributed by atoms with E-state index in [1.807, 2.05) is 0 Å². The first kappa shape index (κ1) is 66.0. The standard InChI is InChI=1S/C4H6O4.C2H4O2.2Ca.NO3.5H2O/c5-3(6)1-2-4(7)8;1-2(3)4;;;2-1(3)4;;;;;/h1-2H2,(H,5,6)(H,7,8);1H3,(H,3,4);;;;5*1H2/q;;2*+2;-1;;;;;/p-3. The van der Waals surface area contributed by atoms with Gasteiger partial charge >= 0.3 is 75.5 Å². The minimum Gasteiger partial charge on any atom is -0.550 e. The Morgan fingerprint density at radius 3 is 0.870 bits per heavy atom. The zero-order chi connectivity index (χ0) is 13.7. The van der Waals surface area contributed by atoms with E-state index in [9.17, 15) is 19.8 Å². The number of hydrogen-bond acceptors (Lipinski definition) is 9. The van der Waals surface area contributed by atoms with Gasteiger partial charge in [-0.3, -0.25) is 0 Å². The van der Waals surface area contributed by atoms with Crippen molar-refractivity contribution in [2.24, 2.45) is 0 Å². The van der Waals surface area contributed by atoms with Gasteiger partial charge in [-0.15, -0.1) is 0 Å². The van der Waals surface area contributed by atoms with Crippen molar-refractivity contribution in [3.63, 3.8) is 0 Å². The molecule has 0 radical (unpaired) electrons. The van der Waals surface area contributed by atoms with Crippen LogP contribution < -0.4 is 15.3 Å². The van der Waals surface area contributed by atoms with E-state index in [-0.39, 0.29) is 103 Å². The van der Waals surface area contributed by atoms with Crippen molar-refractivity contribution in [3.8, 4) is 0 Å². The summed E-state index contributed by atoms with van der Waals surface area (Å²) in [5, 5.41) is 42.6. The minimum absolute atomic E-state index is 0. The first-order chi connectivity index (χ1) is 7.09. The van der Waals surface area contributed by atoms with Gasteiger partial charge in [0.2, 0.25) is 0 Å². The Kier molecular flexibility index (Phi) is 142. The third-order valence-corrected chi connectivity index (χ3v) is 0.533. The number of carboxylic acids is 3. The number of rotatable bonds is 3. The first-order valence-electron chi connectivity index (χ1n) is 3.48. The molecule has 0 saturated heterocycles. The minimum atomic E-state index is -1.75. The second-order valence-electron chi connectivity index (χ2n) is 1.96. The Labute approximate surface area is 188 Å². The summed E-state index contributed by atoms with van der Waals surface area (Å²) in [6.45, 7) is 0.972. The molecule has 0 unspecified atom stereocenters. The van der Waals surface area contributed by atoms with Gasteiger partial charge in [-0.05, 0) is 19.8 Å². The molecule has 0 saturated carbocycles.